The molecule has 1 saturated carbocycles. The first-order valence-corrected chi connectivity index (χ1v) is 14.5. The molecule has 2 aliphatic rings. The number of aromatic nitrogens is 2. The van der Waals surface area contributed by atoms with Gasteiger partial charge >= 0.3 is 5.97 Å². The van der Waals surface area contributed by atoms with Gasteiger partial charge in [-0.3, -0.25) is 9.36 Å². The maximum Gasteiger partial charge on any atom is 0.326 e. The van der Waals surface area contributed by atoms with Crippen molar-refractivity contribution in [1.82, 2.24) is 14.9 Å². The van der Waals surface area contributed by atoms with E-state index >= 15 is 0 Å². The van der Waals surface area contributed by atoms with Crippen molar-refractivity contribution in [2.24, 2.45) is 11.3 Å². The number of nitrogens with zero attached hydrogens (tertiary/aromatic N) is 2. The SMILES string of the molecule is CC(C)Cc1c(Br)c2cccnc2n1-c1ccc(C[C@H](NC2=C(Br)C(=O)C23CCCCC3)C(=O)O)cc1. The molecule has 5 rings (SSSR count). The maximum absolute atomic E-state index is 12.7. The first-order chi connectivity index (χ1) is 17.7. The Balaban J connectivity index is 1.41. The van der Waals surface area contributed by atoms with E-state index in [1.54, 1.807) is 6.20 Å². The van der Waals surface area contributed by atoms with E-state index in [0.29, 0.717) is 16.8 Å². The molecule has 1 fully saturated rings. The molecule has 2 heterocycles. The van der Waals surface area contributed by atoms with Gasteiger partial charge in [-0.2, -0.15) is 0 Å². The van der Waals surface area contributed by atoms with Crippen LogP contribution in [-0.2, 0) is 22.4 Å². The summed E-state index contributed by atoms with van der Waals surface area (Å²) in [6.07, 6.45) is 7.71. The molecule has 2 N–H and O–H groups in total. The normalized spacial score (nSPS) is 17.9. The third kappa shape index (κ3) is 4.67. The van der Waals surface area contributed by atoms with E-state index in [1.165, 1.54) is 5.69 Å². The Hall–Kier alpha value is -2.45. The number of ketones is 1. The van der Waals surface area contributed by atoms with Gasteiger partial charge in [0.15, 0.2) is 5.78 Å². The lowest BCUT2D eigenvalue weighted by molar-refractivity contribution is -0.140. The third-order valence-electron chi connectivity index (χ3n) is 7.65. The number of carboxylic acids is 1. The highest BCUT2D eigenvalue weighted by atomic mass is 79.9. The molecule has 37 heavy (non-hydrogen) atoms. The number of allylic oxidation sites excluding steroid dienone is 2. The number of pyridine rings is 1. The molecule has 8 heteroatoms. The number of aliphatic carboxylic acids is 1. The topological polar surface area (TPSA) is 84.2 Å². The molecule has 0 unspecified atom stereocenters. The van der Waals surface area contributed by atoms with Gasteiger partial charge in [0, 0.05) is 39.6 Å². The van der Waals surface area contributed by atoms with Crippen molar-refractivity contribution in [3.05, 3.63) is 68.5 Å². The fraction of sp³-hybridized carbons (Fsp3) is 0.414. The van der Waals surface area contributed by atoms with E-state index in [0.717, 1.165) is 71.0 Å². The summed E-state index contributed by atoms with van der Waals surface area (Å²) in [7, 11) is 0. The van der Waals surface area contributed by atoms with Crippen LogP contribution in [0.1, 0.15) is 57.2 Å². The second-order valence-corrected chi connectivity index (χ2v) is 12.2. The van der Waals surface area contributed by atoms with Crippen LogP contribution in [0.3, 0.4) is 0 Å². The minimum atomic E-state index is -0.925. The van der Waals surface area contributed by atoms with Crippen LogP contribution >= 0.6 is 31.9 Å². The highest BCUT2D eigenvalue weighted by Crippen LogP contribution is 2.53. The Morgan fingerprint density at radius 1 is 1.11 bits per heavy atom. The zero-order valence-electron chi connectivity index (χ0n) is 21.1. The van der Waals surface area contributed by atoms with E-state index in [9.17, 15) is 14.7 Å². The van der Waals surface area contributed by atoms with E-state index in [4.69, 9.17) is 0 Å². The molecule has 1 atom stereocenters. The number of Topliss-reactive ketones (excluding diaryl/α,β-unsaturated/α-hetero) is 1. The number of rotatable bonds is 8. The second kappa shape index (κ2) is 10.4. The summed E-state index contributed by atoms with van der Waals surface area (Å²) in [5, 5.41) is 14.3. The molecule has 6 nitrogen and oxygen atoms in total. The van der Waals surface area contributed by atoms with Gasteiger partial charge < -0.3 is 10.4 Å². The Morgan fingerprint density at radius 3 is 2.46 bits per heavy atom. The molecule has 1 aromatic carbocycles. The molecule has 0 radical (unpaired) electrons. The van der Waals surface area contributed by atoms with Gasteiger partial charge in [0.05, 0.1) is 9.90 Å². The van der Waals surface area contributed by atoms with Crippen molar-refractivity contribution < 1.29 is 14.7 Å². The molecule has 3 aromatic rings. The van der Waals surface area contributed by atoms with Crippen LogP contribution in [0.5, 0.6) is 0 Å². The lowest BCUT2D eigenvalue weighted by atomic mass is 9.62. The summed E-state index contributed by atoms with van der Waals surface area (Å²) in [5.74, 6) is -0.342. The molecule has 0 saturated heterocycles. The number of nitrogens with one attached hydrogen (secondary N) is 1. The van der Waals surface area contributed by atoms with Gasteiger partial charge in [0.2, 0.25) is 0 Å². The Morgan fingerprint density at radius 2 is 1.81 bits per heavy atom. The van der Waals surface area contributed by atoms with Crippen molar-refractivity contribution in [1.29, 1.82) is 0 Å². The van der Waals surface area contributed by atoms with Crippen LogP contribution in [0, 0.1) is 11.3 Å². The monoisotopic (exact) mass is 627 g/mol. The van der Waals surface area contributed by atoms with Crippen LogP contribution in [0.25, 0.3) is 16.7 Å². The zero-order chi connectivity index (χ0) is 26.3. The molecule has 1 spiro atoms. The molecule has 0 bridgehead atoms. The lowest BCUT2D eigenvalue weighted by Gasteiger charge is -2.46. The van der Waals surface area contributed by atoms with Crippen LogP contribution < -0.4 is 5.32 Å². The Kier molecular flexibility index (Phi) is 7.33. The molecule has 194 valence electrons. The standard InChI is InChI=1S/C29H31Br2N3O3/c1-17(2)15-22-23(30)20-7-6-14-32-27(20)34(22)19-10-8-18(9-11-19)16-21(28(36)37)33-25-24(31)26(35)29(25)12-4-3-5-13-29/h6-11,14,17,21,33H,3-5,12-13,15-16H2,1-2H3,(H,36,37)/t21-/m0/s1. The van der Waals surface area contributed by atoms with E-state index in [-0.39, 0.29) is 5.78 Å². The van der Waals surface area contributed by atoms with Crippen molar-refractivity contribution >= 4 is 54.6 Å². The van der Waals surface area contributed by atoms with Crippen molar-refractivity contribution in [2.45, 2.75) is 64.8 Å². The first-order valence-electron chi connectivity index (χ1n) is 12.9. The number of halogens is 2. The summed E-state index contributed by atoms with van der Waals surface area (Å²) in [4.78, 5) is 29.6. The van der Waals surface area contributed by atoms with E-state index in [1.807, 2.05) is 30.3 Å². The average Bonchev–Trinajstić information content (AvgIpc) is 3.17. The molecule has 2 aliphatic carbocycles. The smallest absolute Gasteiger partial charge is 0.326 e. The predicted octanol–water partition coefficient (Wildman–Crippen LogP) is 6.71. The fourth-order valence-corrected chi connectivity index (χ4v) is 7.31. The minimum Gasteiger partial charge on any atom is -0.480 e. The predicted molar refractivity (Wildman–Crippen MR) is 152 cm³/mol. The fourth-order valence-electron chi connectivity index (χ4n) is 5.78. The number of carbonyl (C=O) groups is 2. The molecular weight excluding hydrogens is 598 g/mol. The van der Waals surface area contributed by atoms with Gasteiger partial charge in [-0.1, -0.05) is 45.2 Å². The number of fused-ring (bicyclic) bond motifs is 1. The summed E-state index contributed by atoms with van der Waals surface area (Å²) in [6.45, 7) is 4.40. The molecule has 0 amide bonds. The van der Waals surface area contributed by atoms with Crippen molar-refractivity contribution in [3.63, 3.8) is 0 Å². The number of carbonyl (C=O) groups excluding carboxylic acids is 1. The van der Waals surface area contributed by atoms with Crippen LogP contribution in [0.2, 0.25) is 0 Å². The van der Waals surface area contributed by atoms with Gasteiger partial charge in [-0.05, 0) is 86.9 Å². The molecular formula is C29H31Br2N3O3. The van der Waals surface area contributed by atoms with E-state index in [2.05, 4.69) is 66.6 Å². The highest BCUT2D eigenvalue weighted by molar-refractivity contribution is 9.12. The Bertz CT molecular complexity index is 1390. The molecule has 2 aromatic heterocycles. The number of hydrogen-bond acceptors (Lipinski definition) is 4. The summed E-state index contributed by atoms with van der Waals surface area (Å²) in [6, 6.07) is 11.2. The van der Waals surface area contributed by atoms with Crippen molar-refractivity contribution in [2.75, 3.05) is 0 Å². The van der Waals surface area contributed by atoms with Crippen LogP contribution in [0.15, 0.2) is 57.2 Å². The zero-order valence-corrected chi connectivity index (χ0v) is 24.2. The Labute approximate surface area is 233 Å². The summed E-state index contributed by atoms with van der Waals surface area (Å²) >= 11 is 7.21. The molecule has 0 aliphatic heterocycles. The van der Waals surface area contributed by atoms with Gasteiger partial charge in [-0.15, -0.1) is 0 Å². The third-order valence-corrected chi connectivity index (χ3v) is 9.29. The minimum absolute atomic E-state index is 0.110. The maximum atomic E-state index is 12.7. The number of carboxylic acid groups (broad SMARTS) is 1. The summed E-state index contributed by atoms with van der Waals surface area (Å²) in [5.41, 5.74) is 4.21. The average molecular weight is 629 g/mol. The van der Waals surface area contributed by atoms with Crippen LogP contribution in [0.4, 0.5) is 0 Å². The van der Waals surface area contributed by atoms with Gasteiger partial charge in [-0.25, -0.2) is 9.78 Å². The quantitative estimate of drug-likeness (QED) is 0.290. The van der Waals surface area contributed by atoms with Gasteiger partial charge in [0.1, 0.15) is 11.7 Å². The number of hydrogen-bond donors (Lipinski definition) is 2. The second-order valence-electron chi connectivity index (χ2n) is 10.6. The first kappa shape index (κ1) is 26.2. The number of benzene rings is 1. The van der Waals surface area contributed by atoms with Gasteiger partial charge in [0.25, 0.3) is 0 Å². The van der Waals surface area contributed by atoms with Crippen LogP contribution in [-0.4, -0.2) is 32.5 Å². The summed E-state index contributed by atoms with van der Waals surface area (Å²) < 4.78 is 3.76. The highest BCUT2D eigenvalue weighted by Gasteiger charge is 2.53. The largest absolute Gasteiger partial charge is 0.480 e. The lowest BCUT2D eigenvalue weighted by Crippen LogP contribution is -2.53. The van der Waals surface area contributed by atoms with E-state index < -0.39 is 17.4 Å². The van der Waals surface area contributed by atoms with Crippen molar-refractivity contribution in [3.8, 4) is 5.69 Å².